The molecule has 3 aromatic rings. The lowest BCUT2D eigenvalue weighted by molar-refractivity contribution is 0.405. The largest absolute Gasteiger partial charge is 0.496 e. The molecule has 29 heavy (non-hydrogen) atoms. The number of nitrogens with zero attached hydrogens (tertiary/aromatic N) is 4. The molecule has 2 N–H and O–H groups in total. The maximum Gasteiger partial charge on any atom is 0.191 e. The minimum absolute atomic E-state index is 0. The number of hydrogen-bond donors (Lipinski definition) is 2. The predicted octanol–water partition coefficient (Wildman–Crippen LogP) is 3.52. The summed E-state index contributed by atoms with van der Waals surface area (Å²) in [7, 11) is 1.70. The minimum atomic E-state index is 0. The Labute approximate surface area is 189 Å². The number of aryl methyl sites for hydroxylation is 1. The van der Waals surface area contributed by atoms with Crippen molar-refractivity contribution < 1.29 is 4.74 Å². The van der Waals surface area contributed by atoms with Crippen molar-refractivity contribution in [3.63, 3.8) is 0 Å². The number of hydrogen-bond acceptors (Lipinski definition) is 4. The molecule has 1 unspecified atom stereocenters. The molecule has 0 saturated carbocycles. The molecule has 0 aliphatic heterocycles. The fourth-order valence-corrected chi connectivity index (χ4v) is 3.12. The van der Waals surface area contributed by atoms with Crippen LogP contribution < -0.4 is 15.4 Å². The van der Waals surface area contributed by atoms with E-state index < -0.39 is 0 Å². The molecule has 1 atom stereocenters. The van der Waals surface area contributed by atoms with Crippen molar-refractivity contribution in [1.29, 1.82) is 0 Å². The van der Waals surface area contributed by atoms with Gasteiger partial charge in [-0.25, -0.2) is 0 Å². The van der Waals surface area contributed by atoms with Gasteiger partial charge >= 0.3 is 0 Å². The summed E-state index contributed by atoms with van der Waals surface area (Å²) in [6.45, 7) is 7.65. The van der Waals surface area contributed by atoms with Gasteiger partial charge in [0.2, 0.25) is 0 Å². The monoisotopic (exact) mass is 508 g/mol. The second-order valence-electron chi connectivity index (χ2n) is 6.67. The van der Waals surface area contributed by atoms with E-state index in [1.807, 2.05) is 34.9 Å². The Bertz CT molecular complexity index is 955. The number of ether oxygens (including phenoxy) is 1. The van der Waals surface area contributed by atoms with Gasteiger partial charge in [0, 0.05) is 31.3 Å². The van der Waals surface area contributed by atoms with Crippen LogP contribution in [-0.2, 0) is 6.42 Å². The van der Waals surface area contributed by atoms with Gasteiger partial charge in [0.25, 0.3) is 0 Å². The van der Waals surface area contributed by atoms with Gasteiger partial charge in [-0.3, -0.25) is 9.39 Å². The average Bonchev–Trinajstić information content (AvgIpc) is 3.11. The summed E-state index contributed by atoms with van der Waals surface area (Å²) in [5.74, 6) is 2.55. The third-order valence-electron chi connectivity index (χ3n) is 4.54. The first-order valence-corrected chi connectivity index (χ1v) is 9.60. The Morgan fingerprint density at radius 3 is 2.83 bits per heavy atom. The Balaban J connectivity index is 0.00000300. The van der Waals surface area contributed by atoms with Crippen LogP contribution >= 0.6 is 24.0 Å². The number of rotatable bonds is 7. The van der Waals surface area contributed by atoms with Crippen LogP contribution in [-0.4, -0.2) is 40.8 Å². The number of nitrogens with one attached hydrogen (secondary N) is 2. The van der Waals surface area contributed by atoms with Crippen molar-refractivity contribution in [3.8, 4) is 5.75 Å². The predicted molar refractivity (Wildman–Crippen MR) is 127 cm³/mol. The summed E-state index contributed by atoms with van der Waals surface area (Å²) in [6.07, 6.45) is 2.69. The molecule has 0 radical (unpaired) electrons. The first kappa shape index (κ1) is 22.9. The molecule has 1 aromatic carbocycles. The molecule has 0 aliphatic rings. The highest BCUT2D eigenvalue weighted by Gasteiger charge is 2.13. The van der Waals surface area contributed by atoms with E-state index in [-0.39, 0.29) is 30.0 Å². The number of methoxy groups -OCH3 is 1. The zero-order valence-electron chi connectivity index (χ0n) is 17.3. The number of fused-ring (bicyclic) bond motifs is 1. The van der Waals surface area contributed by atoms with E-state index in [0.29, 0.717) is 13.0 Å². The second-order valence-corrected chi connectivity index (χ2v) is 6.67. The van der Waals surface area contributed by atoms with E-state index in [1.54, 1.807) is 7.11 Å². The summed E-state index contributed by atoms with van der Waals surface area (Å²) < 4.78 is 7.51. The van der Waals surface area contributed by atoms with Gasteiger partial charge in [-0.15, -0.1) is 34.2 Å². The number of guanidine groups is 1. The summed E-state index contributed by atoms with van der Waals surface area (Å²) in [5, 5.41) is 15.2. The Kier molecular flexibility index (Phi) is 8.69. The zero-order chi connectivity index (χ0) is 19.9. The van der Waals surface area contributed by atoms with Crippen molar-refractivity contribution in [3.05, 3.63) is 59.5 Å². The topological polar surface area (TPSA) is 75.8 Å². The van der Waals surface area contributed by atoms with Crippen molar-refractivity contribution >= 4 is 35.6 Å². The number of aromatic nitrogens is 3. The van der Waals surface area contributed by atoms with E-state index in [2.05, 4.69) is 53.7 Å². The second kappa shape index (κ2) is 11.0. The van der Waals surface area contributed by atoms with Gasteiger partial charge < -0.3 is 15.4 Å². The Morgan fingerprint density at radius 1 is 1.24 bits per heavy atom. The average molecular weight is 508 g/mol. The molecule has 0 bridgehead atoms. The minimum Gasteiger partial charge on any atom is -0.496 e. The third kappa shape index (κ3) is 5.81. The lowest BCUT2D eigenvalue weighted by Crippen LogP contribution is -2.39. The van der Waals surface area contributed by atoms with E-state index in [9.17, 15) is 0 Å². The van der Waals surface area contributed by atoms with E-state index >= 15 is 0 Å². The van der Waals surface area contributed by atoms with Gasteiger partial charge in [0.1, 0.15) is 11.6 Å². The van der Waals surface area contributed by atoms with Gasteiger partial charge in [-0.2, -0.15) is 0 Å². The van der Waals surface area contributed by atoms with Crippen LogP contribution in [0.25, 0.3) is 5.65 Å². The SMILES string of the molecule is CCNC(=NCCc1nnc2ccccn12)NC(C)c1cc(C)ccc1OC.I. The van der Waals surface area contributed by atoms with Crippen LogP contribution in [0.4, 0.5) is 0 Å². The van der Waals surface area contributed by atoms with E-state index in [1.165, 1.54) is 5.56 Å². The first-order chi connectivity index (χ1) is 13.6. The number of halogens is 1. The summed E-state index contributed by atoms with van der Waals surface area (Å²) in [4.78, 5) is 4.71. The molecule has 0 saturated heterocycles. The smallest absolute Gasteiger partial charge is 0.191 e. The van der Waals surface area contributed by atoms with Crippen molar-refractivity contribution in [1.82, 2.24) is 25.2 Å². The fourth-order valence-electron chi connectivity index (χ4n) is 3.12. The molecule has 0 fully saturated rings. The summed E-state index contributed by atoms with van der Waals surface area (Å²) >= 11 is 0. The number of aliphatic imine (C=N–C) groups is 1. The summed E-state index contributed by atoms with van der Waals surface area (Å²) in [5.41, 5.74) is 3.16. The molecule has 2 heterocycles. The van der Waals surface area contributed by atoms with Gasteiger partial charge in [-0.05, 0) is 39.0 Å². The lowest BCUT2D eigenvalue weighted by atomic mass is 10.0. The van der Waals surface area contributed by atoms with Crippen LogP contribution in [0, 0.1) is 6.92 Å². The van der Waals surface area contributed by atoms with Crippen LogP contribution in [0.15, 0.2) is 47.6 Å². The molecule has 156 valence electrons. The van der Waals surface area contributed by atoms with Crippen molar-refractivity contribution in [2.24, 2.45) is 4.99 Å². The molecule has 0 aliphatic carbocycles. The fraction of sp³-hybridized carbons (Fsp3) is 0.381. The van der Waals surface area contributed by atoms with Crippen molar-refractivity contribution in [2.45, 2.75) is 33.2 Å². The number of pyridine rings is 1. The van der Waals surface area contributed by atoms with Crippen molar-refractivity contribution in [2.75, 3.05) is 20.2 Å². The maximum absolute atomic E-state index is 5.52. The summed E-state index contributed by atoms with van der Waals surface area (Å²) in [6, 6.07) is 12.1. The van der Waals surface area contributed by atoms with E-state index in [0.717, 1.165) is 35.3 Å². The third-order valence-corrected chi connectivity index (χ3v) is 4.54. The molecule has 0 amide bonds. The highest BCUT2D eigenvalue weighted by atomic mass is 127. The number of benzene rings is 1. The molecule has 0 spiro atoms. The molecular formula is C21H29IN6O. The maximum atomic E-state index is 5.52. The first-order valence-electron chi connectivity index (χ1n) is 9.60. The van der Waals surface area contributed by atoms with Crippen LogP contribution in [0.5, 0.6) is 5.75 Å². The Morgan fingerprint density at radius 2 is 2.07 bits per heavy atom. The molecule has 7 nitrogen and oxygen atoms in total. The Hall–Kier alpha value is -2.36. The van der Waals surface area contributed by atoms with E-state index in [4.69, 9.17) is 9.73 Å². The van der Waals surface area contributed by atoms with Gasteiger partial charge in [0.05, 0.1) is 13.2 Å². The van der Waals surface area contributed by atoms with Gasteiger partial charge in [0.15, 0.2) is 11.6 Å². The molecule has 8 heteroatoms. The van der Waals surface area contributed by atoms with Crippen LogP contribution in [0.1, 0.15) is 36.8 Å². The standard InChI is InChI=1S/C21H28N6O.HI/c1-5-22-21(24-16(3)17-14-15(2)9-10-18(17)28-4)23-12-11-20-26-25-19-8-6-7-13-27(19)20;/h6-10,13-14,16H,5,11-12H2,1-4H3,(H2,22,23,24);1H. The van der Waals surface area contributed by atoms with Crippen LogP contribution in [0.3, 0.4) is 0 Å². The molecule has 3 rings (SSSR count). The van der Waals surface area contributed by atoms with Gasteiger partial charge in [-0.1, -0.05) is 23.8 Å². The zero-order valence-corrected chi connectivity index (χ0v) is 19.7. The molecule has 2 aromatic heterocycles. The molecular weight excluding hydrogens is 479 g/mol. The highest BCUT2D eigenvalue weighted by Crippen LogP contribution is 2.25. The quantitative estimate of drug-likeness (QED) is 0.290. The lowest BCUT2D eigenvalue weighted by Gasteiger charge is -2.20. The normalized spacial score (nSPS) is 12.3. The highest BCUT2D eigenvalue weighted by molar-refractivity contribution is 14.0. The van der Waals surface area contributed by atoms with Crippen LogP contribution in [0.2, 0.25) is 0 Å².